The number of thioether (sulfide) groups is 4. The van der Waals surface area contributed by atoms with Crippen LogP contribution in [0.4, 0.5) is 0 Å². The lowest BCUT2D eigenvalue weighted by molar-refractivity contribution is -0.136. The van der Waals surface area contributed by atoms with Crippen molar-refractivity contribution < 1.29 is 32.5 Å². The topological polar surface area (TPSA) is 64.6 Å². The SMILES string of the molecule is COc1ccc(CO[C@@H](CC2([C@H](C)/C=C(\C)[C@H](CC3([C@H](C)C[C@H](C)C(OC)OC)SCCCS3)O[Si](C)(C)C(C)(C)C)SCCCS2)[C@H](C)C[C@@H]2CC[C@@H](O[Si](C(C)C)(C(C)C)C(C)C)[C@H](OC)C2)cc1. The molecule has 0 bridgehead atoms. The summed E-state index contributed by atoms with van der Waals surface area (Å²) in [5, 5.41) is 0.0976. The zero-order chi connectivity index (χ0) is 53.0. The predicted octanol–water partition coefficient (Wildman–Crippen LogP) is 17.1. The maximum Gasteiger partial charge on any atom is 0.200 e. The number of hydrogen-bond donors (Lipinski definition) is 0. The molecular weight excluding hydrogens is 993 g/mol. The van der Waals surface area contributed by atoms with Crippen molar-refractivity contribution in [1.29, 1.82) is 0 Å². The Kier molecular flexibility index (Phi) is 25.9. The van der Waals surface area contributed by atoms with Gasteiger partial charge >= 0.3 is 0 Å². The lowest BCUT2D eigenvalue weighted by atomic mass is 9.78. The average Bonchev–Trinajstić information content (AvgIpc) is 3.32. The molecular formula is C58H106O7S4Si2. The third-order valence-electron chi connectivity index (χ3n) is 17.4. The quantitative estimate of drug-likeness (QED) is 0.0458. The molecule has 7 nitrogen and oxygen atoms in total. The molecule has 0 spiro atoms. The fourth-order valence-corrected chi connectivity index (χ4v) is 26.3. The van der Waals surface area contributed by atoms with Gasteiger partial charge in [0.1, 0.15) is 5.75 Å². The molecule has 0 radical (unpaired) electrons. The van der Waals surface area contributed by atoms with Gasteiger partial charge in [-0.05, 0) is 163 Å². The van der Waals surface area contributed by atoms with Gasteiger partial charge in [-0.15, -0.1) is 47.0 Å². The number of benzene rings is 1. The van der Waals surface area contributed by atoms with Crippen LogP contribution in [0.3, 0.4) is 0 Å². The molecule has 1 aromatic carbocycles. The van der Waals surface area contributed by atoms with Gasteiger partial charge in [-0.3, -0.25) is 0 Å². The van der Waals surface area contributed by atoms with Gasteiger partial charge in [-0.1, -0.05) is 108 Å². The minimum atomic E-state index is -2.16. The zero-order valence-corrected chi connectivity index (χ0v) is 54.0. The molecule has 3 aliphatic rings. The Hall–Kier alpha value is 0.354. The van der Waals surface area contributed by atoms with Crippen molar-refractivity contribution in [2.24, 2.45) is 29.6 Å². The van der Waals surface area contributed by atoms with Crippen molar-refractivity contribution in [3.8, 4) is 5.75 Å². The molecule has 3 fully saturated rings. The maximum atomic E-state index is 7.68. The third kappa shape index (κ3) is 16.9. The summed E-state index contributed by atoms with van der Waals surface area (Å²) in [5.41, 5.74) is 4.26. The third-order valence-corrected chi connectivity index (χ3v) is 35.6. The van der Waals surface area contributed by atoms with Gasteiger partial charge in [-0.2, -0.15) is 0 Å². The molecule has 4 rings (SSSR count). The summed E-state index contributed by atoms with van der Waals surface area (Å²) in [5.74, 6) is 7.61. The van der Waals surface area contributed by atoms with Crippen LogP contribution in [0.5, 0.6) is 5.75 Å². The minimum absolute atomic E-state index is 0.0248. The number of ether oxygens (including phenoxy) is 5. The first-order chi connectivity index (χ1) is 33.3. The van der Waals surface area contributed by atoms with E-state index in [1.54, 1.807) is 21.3 Å². The second-order valence-corrected chi connectivity index (χ2v) is 40.9. The fourth-order valence-electron chi connectivity index (χ4n) is 12.2. The molecule has 0 aromatic heterocycles. The molecule has 1 aliphatic carbocycles. The van der Waals surface area contributed by atoms with Crippen LogP contribution >= 0.6 is 47.0 Å². The van der Waals surface area contributed by atoms with Crippen LogP contribution in [0.2, 0.25) is 34.8 Å². The molecule has 1 aromatic rings. The molecule has 71 heavy (non-hydrogen) atoms. The van der Waals surface area contributed by atoms with Gasteiger partial charge in [0.2, 0.25) is 8.32 Å². The van der Waals surface area contributed by atoms with Crippen LogP contribution in [0, 0.1) is 29.6 Å². The van der Waals surface area contributed by atoms with Crippen LogP contribution in [0.1, 0.15) is 160 Å². The van der Waals surface area contributed by atoms with E-state index in [0.717, 1.165) is 44.3 Å². The summed E-state index contributed by atoms with van der Waals surface area (Å²) < 4.78 is 45.9. The van der Waals surface area contributed by atoms with E-state index < -0.39 is 16.6 Å². The molecule has 9 atom stereocenters. The second-order valence-electron chi connectivity index (χ2n) is 24.5. The van der Waals surface area contributed by atoms with E-state index in [2.05, 4.69) is 187 Å². The Morgan fingerprint density at radius 1 is 0.732 bits per heavy atom. The van der Waals surface area contributed by atoms with Crippen LogP contribution in [0.15, 0.2) is 35.9 Å². The molecule has 2 saturated heterocycles. The van der Waals surface area contributed by atoms with Gasteiger partial charge in [0, 0.05) is 33.7 Å². The first kappa shape index (κ1) is 63.9. The second kappa shape index (κ2) is 28.8. The number of rotatable bonds is 28. The maximum absolute atomic E-state index is 7.68. The van der Waals surface area contributed by atoms with Crippen molar-refractivity contribution in [3.63, 3.8) is 0 Å². The van der Waals surface area contributed by atoms with Crippen LogP contribution < -0.4 is 4.74 Å². The van der Waals surface area contributed by atoms with Crippen molar-refractivity contribution in [1.82, 2.24) is 0 Å². The Balaban J connectivity index is 1.69. The first-order valence-corrected chi connectivity index (χ1v) is 36.8. The Morgan fingerprint density at radius 3 is 1.77 bits per heavy atom. The predicted molar refractivity (Wildman–Crippen MR) is 319 cm³/mol. The number of methoxy groups -OCH3 is 4. The Labute approximate surface area is 456 Å². The van der Waals surface area contributed by atoms with E-state index in [1.807, 2.05) is 7.11 Å². The summed E-state index contributed by atoms with van der Waals surface area (Å²) in [6.45, 7) is 39.3. The normalized spacial score (nSPS) is 24.3. The lowest BCUT2D eigenvalue weighted by Crippen LogP contribution is -2.53. The van der Waals surface area contributed by atoms with Gasteiger partial charge in [-0.25, -0.2) is 0 Å². The van der Waals surface area contributed by atoms with Crippen LogP contribution in [0.25, 0.3) is 0 Å². The standard InChI is InChI=1S/C58H106O7S4Si2/c1-40(2)71(41(3)4,42(5)6)65-51-28-25-49(36-52(51)60-16)35-44(8)53(63-39-48-23-26-50(59-15)27-24-48)37-57(66-29-21-30-67-57)46(10)33-43(7)54(64-70(19,20)56(12,13)14)38-58(68-31-22-32-69-58)47(11)34-45(9)55(61-17)62-18/h23-24,26-27,33,40-42,44-47,49,51-55H,21-22,25,28-32,34-39H2,1-20H3/b43-33+/t44-,45+,46-,47-,49+,51-,52-,53+,54+/m1/s1. The Morgan fingerprint density at radius 2 is 1.28 bits per heavy atom. The van der Waals surface area contributed by atoms with E-state index in [4.69, 9.17) is 32.5 Å². The summed E-state index contributed by atoms with van der Waals surface area (Å²) in [4.78, 5) is 0. The highest BCUT2D eigenvalue weighted by Crippen LogP contribution is 2.56. The summed E-state index contributed by atoms with van der Waals surface area (Å²) in [6.07, 6.45) is 12.9. The van der Waals surface area contributed by atoms with Gasteiger partial charge in [0.05, 0.1) is 46.3 Å². The van der Waals surface area contributed by atoms with Crippen LogP contribution in [-0.4, -0.2) is 107 Å². The largest absolute Gasteiger partial charge is 0.497 e. The van der Waals surface area contributed by atoms with Gasteiger partial charge < -0.3 is 32.5 Å². The first-order valence-electron chi connectivity index (χ1n) is 27.8. The smallest absolute Gasteiger partial charge is 0.200 e. The molecule has 412 valence electrons. The van der Waals surface area contributed by atoms with E-state index in [9.17, 15) is 0 Å². The van der Waals surface area contributed by atoms with Crippen molar-refractivity contribution in [2.75, 3.05) is 51.5 Å². The van der Waals surface area contributed by atoms with Crippen LogP contribution in [-0.2, 0) is 34.4 Å². The molecule has 0 amide bonds. The van der Waals surface area contributed by atoms with Crippen molar-refractivity contribution in [3.05, 3.63) is 41.5 Å². The summed E-state index contributed by atoms with van der Waals surface area (Å²) >= 11 is 8.80. The van der Waals surface area contributed by atoms with E-state index in [-0.39, 0.29) is 49.8 Å². The average molecular weight is 1100 g/mol. The Bertz CT molecular complexity index is 1690. The number of allylic oxidation sites excluding steroid dienone is 1. The van der Waals surface area contributed by atoms with Gasteiger partial charge in [0.25, 0.3) is 0 Å². The monoisotopic (exact) mass is 1100 g/mol. The highest BCUT2D eigenvalue weighted by molar-refractivity contribution is 8.19. The lowest BCUT2D eigenvalue weighted by Gasteiger charge is -2.48. The van der Waals surface area contributed by atoms with Crippen molar-refractivity contribution >= 4 is 63.7 Å². The molecule has 1 saturated carbocycles. The van der Waals surface area contributed by atoms with Crippen molar-refractivity contribution in [2.45, 2.75) is 235 Å². The molecule has 2 aliphatic heterocycles. The summed E-state index contributed by atoms with van der Waals surface area (Å²) in [7, 11) is 3.00. The van der Waals surface area contributed by atoms with E-state index in [1.165, 1.54) is 53.4 Å². The summed E-state index contributed by atoms with van der Waals surface area (Å²) in [6, 6.07) is 8.47. The fraction of sp³-hybridized carbons (Fsp3) is 0.862. The highest BCUT2D eigenvalue weighted by atomic mass is 32.2. The number of hydrogen-bond acceptors (Lipinski definition) is 11. The van der Waals surface area contributed by atoms with E-state index in [0.29, 0.717) is 46.9 Å². The highest BCUT2D eigenvalue weighted by Gasteiger charge is 2.50. The van der Waals surface area contributed by atoms with E-state index >= 15 is 0 Å². The molecule has 2 heterocycles. The minimum Gasteiger partial charge on any atom is -0.497 e. The molecule has 0 N–H and O–H groups in total. The molecule has 0 unspecified atom stereocenters. The molecule has 13 heteroatoms. The van der Waals surface area contributed by atoms with Gasteiger partial charge in [0.15, 0.2) is 14.6 Å². The zero-order valence-electron chi connectivity index (χ0n) is 48.8.